The van der Waals surface area contributed by atoms with Gasteiger partial charge in [-0.05, 0) is 37.5 Å². The van der Waals surface area contributed by atoms with Crippen molar-refractivity contribution in [2.45, 2.75) is 20.3 Å². The number of ether oxygens (including phenoxy) is 2. The summed E-state index contributed by atoms with van der Waals surface area (Å²) in [5.41, 5.74) is 3.23. The SMILES string of the molecule is C=CCOCCc1ccc(OCCNC(=O)c2c(Cl)c(C)nn2C)c(C)c1. The molecule has 0 bridgehead atoms. The fourth-order valence-corrected chi connectivity index (χ4v) is 2.92. The van der Waals surface area contributed by atoms with Gasteiger partial charge in [0.1, 0.15) is 18.1 Å². The van der Waals surface area contributed by atoms with Crippen LogP contribution in [0, 0.1) is 13.8 Å². The number of benzene rings is 1. The zero-order valence-electron chi connectivity index (χ0n) is 16.0. The molecule has 1 N–H and O–H groups in total. The quantitative estimate of drug-likeness (QED) is 0.498. The van der Waals surface area contributed by atoms with E-state index >= 15 is 0 Å². The largest absolute Gasteiger partial charge is 0.491 e. The number of carbonyl (C=O) groups is 1. The number of aromatic nitrogens is 2. The van der Waals surface area contributed by atoms with E-state index in [0.29, 0.717) is 42.8 Å². The molecule has 1 amide bonds. The average molecular weight is 392 g/mol. The highest BCUT2D eigenvalue weighted by atomic mass is 35.5. The van der Waals surface area contributed by atoms with E-state index < -0.39 is 0 Å². The van der Waals surface area contributed by atoms with E-state index in [9.17, 15) is 4.79 Å². The number of aryl methyl sites for hydroxylation is 3. The Balaban J connectivity index is 1.79. The van der Waals surface area contributed by atoms with E-state index in [1.807, 2.05) is 19.1 Å². The summed E-state index contributed by atoms with van der Waals surface area (Å²) >= 11 is 6.12. The van der Waals surface area contributed by atoms with Gasteiger partial charge < -0.3 is 14.8 Å². The number of amides is 1. The lowest BCUT2D eigenvalue weighted by atomic mass is 10.1. The lowest BCUT2D eigenvalue weighted by Gasteiger charge is -2.12. The zero-order chi connectivity index (χ0) is 19.8. The highest BCUT2D eigenvalue weighted by Crippen LogP contribution is 2.20. The van der Waals surface area contributed by atoms with E-state index in [-0.39, 0.29) is 5.91 Å². The molecule has 6 nitrogen and oxygen atoms in total. The summed E-state index contributed by atoms with van der Waals surface area (Å²) < 4.78 is 12.7. The van der Waals surface area contributed by atoms with Gasteiger partial charge in [0.25, 0.3) is 5.91 Å². The molecule has 1 heterocycles. The maximum Gasteiger partial charge on any atom is 0.271 e. The maximum absolute atomic E-state index is 12.2. The Kier molecular flexibility index (Phi) is 7.88. The Labute approximate surface area is 165 Å². The van der Waals surface area contributed by atoms with Crippen molar-refractivity contribution in [1.29, 1.82) is 0 Å². The third-order valence-corrected chi connectivity index (χ3v) is 4.47. The van der Waals surface area contributed by atoms with Crippen molar-refractivity contribution in [3.63, 3.8) is 0 Å². The molecule has 1 aromatic carbocycles. The lowest BCUT2D eigenvalue weighted by Crippen LogP contribution is -2.30. The Hall–Kier alpha value is -2.31. The van der Waals surface area contributed by atoms with Gasteiger partial charge in [-0.25, -0.2) is 0 Å². The van der Waals surface area contributed by atoms with Crippen molar-refractivity contribution in [3.05, 3.63) is 58.4 Å². The minimum atomic E-state index is -0.265. The van der Waals surface area contributed by atoms with Crippen LogP contribution in [0.25, 0.3) is 0 Å². The van der Waals surface area contributed by atoms with Crippen molar-refractivity contribution in [3.8, 4) is 5.75 Å². The number of halogens is 1. The molecule has 1 aromatic heterocycles. The third-order valence-electron chi connectivity index (χ3n) is 4.02. The van der Waals surface area contributed by atoms with Crippen LogP contribution in [-0.2, 0) is 18.2 Å². The van der Waals surface area contributed by atoms with Gasteiger partial charge in [0, 0.05) is 7.05 Å². The van der Waals surface area contributed by atoms with Crippen molar-refractivity contribution < 1.29 is 14.3 Å². The van der Waals surface area contributed by atoms with Crippen LogP contribution in [0.3, 0.4) is 0 Å². The highest BCUT2D eigenvalue weighted by Gasteiger charge is 2.18. The first-order valence-corrected chi connectivity index (χ1v) is 9.20. The van der Waals surface area contributed by atoms with E-state index in [4.69, 9.17) is 21.1 Å². The molecule has 0 spiro atoms. The van der Waals surface area contributed by atoms with Crippen LogP contribution < -0.4 is 10.1 Å². The molecule has 2 rings (SSSR count). The van der Waals surface area contributed by atoms with Crippen LogP contribution in [0.1, 0.15) is 27.3 Å². The van der Waals surface area contributed by atoms with Gasteiger partial charge in [-0.15, -0.1) is 6.58 Å². The summed E-state index contributed by atoms with van der Waals surface area (Å²) in [4.78, 5) is 12.2. The molecule has 0 saturated carbocycles. The molecule has 146 valence electrons. The van der Waals surface area contributed by atoms with Gasteiger partial charge in [0.2, 0.25) is 0 Å². The summed E-state index contributed by atoms with van der Waals surface area (Å²) in [6, 6.07) is 6.06. The molecular formula is C20H26ClN3O3. The van der Waals surface area contributed by atoms with E-state index in [2.05, 4.69) is 23.1 Å². The first kappa shape index (κ1) is 21.0. The second-order valence-corrected chi connectivity index (χ2v) is 6.57. The number of hydrogen-bond donors (Lipinski definition) is 1. The van der Waals surface area contributed by atoms with Crippen LogP contribution in [0.15, 0.2) is 30.9 Å². The minimum Gasteiger partial charge on any atom is -0.491 e. The Bertz CT molecular complexity index is 802. The predicted octanol–water partition coefficient (Wildman–Crippen LogP) is 3.24. The molecule has 0 aliphatic carbocycles. The van der Waals surface area contributed by atoms with E-state index in [1.165, 1.54) is 10.2 Å². The number of hydrogen-bond acceptors (Lipinski definition) is 4. The normalized spacial score (nSPS) is 10.7. The summed E-state index contributed by atoms with van der Waals surface area (Å²) in [6.45, 7) is 9.35. The van der Waals surface area contributed by atoms with Crippen molar-refractivity contribution in [2.75, 3.05) is 26.4 Å². The van der Waals surface area contributed by atoms with Crippen molar-refractivity contribution in [2.24, 2.45) is 7.05 Å². The molecule has 0 aliphatic rings. The molecule has 27 heavy (non-hydrogen) atoms. The van der Waals surface area contributed by atoms with Crippen LogP contribution in [-0.4, -0.2) is 42.1 Å². The predicted molar refractivity (Wildman–Crippen MR) is 107 cm³/mol. The van der Waals surface area contributed by atoms with E-state index in [0.717, 1.165) is 17.7 Å². The first-order chi connectivity index (χ1) is 12.9. The molecular weight excluding hydrogens is 366 g/mol. The van der Waals surface area contributed by atoms with Crippen LogP contribution in [0.2, 0.25) is 5.02 Å². The fourth-order valence-electron chi connectivity index (χ4n) is 2.67. The first-order valence-electron chi connectivity index (χ1n) is 8.82. The van der Waals surface area contributed by atoms with Gasteiger partial charge in [-0.2, -0.15) is 5.10 Å². The number of carbonyl (C=O) groups excluding carboxylic acids is 1. The van der Waals surface area contributed by atoms with Gasteiger partial charge in [-0.3, -0.25) is 9.48 Å². The topological polar surface area (TPSA) is 65.4 Å². The summed E-state index contributed by atoms with van der Waals surface area (Å²) in [5, 5.41) is 7.31. The smallest absolute Gasteiger partial charge is 0.271 e. The summed E-state index contributed by atoms with van der Waals surface area (Å²) in [7, 11) is 1.69. The van der Waals surface area contributed by atoms with Gasteiger partial charge in [0.15, 0.2) is 0 Å². The average Bonchev–Trinajstić information content (AvgIpc) is 2.89. The zero-order valence-corrected chi connectivity index (χ0v) is 16.8. The highest BCUT2D eigenvalue weighted by molar-refractivity contribution is 6.34. The maximum atomic E-state index is 12.2. The van der Waals surface area contributed by atoms with Gasteiger partial charge >= 0.3 is 0 Å². The second kappa shape index (κ2) is 10.1. The van der Waals surface area contributed by atoms with Crippen molar-refractivity contribution >= 4 is 17.5 Å². The summed E-state index contributed by atoms with van der Waals surface area (Å²) in [5.74, 6) is 0.535. The number of nitrogens with one attached hydrogen (secondary N) is 1. The lowest BCUT2D eigenvalue weighted by molar-refractivity contribution is 0.0937. The molecule has 0 fully saturated rings. The molecule has 0 unspecified atom stereocenters. The van der Waals surface area contributed by atoms with Crippen molar-refractivity contribution in [1.82, 2.24) is 15.1 Å². The van der Waals surface area contributed by atoms with Gasteiger partial charge in [0.05, 0.1) is 30.5 Å². The molecule has 7 heteroatoms. The molecule has 0 radical (unpaired) electrons. The van der Waals surface area contributed by atoms with Crippen LogP contribution in [0.5, 0.6) is 5.75 Å². The molecule has 0 saturated heterocycles. The van der Waals surface area contributed by atoms with Crippen LogP contribution in [0.4, 0.5) is 0 Å². The molecule has 0 aliphatic heterocycles. The van der Waals surface area contributed by atoms with Crippen LogP contribution >= 0.6 is 11.6 Å². The second-order valence-electron chi connectivity index (χ2n) is 6.19. The van der Waals surface area contributed by atoms with Gasteiger partial charge in [-0.1, -0.05) is 29.8 Å². The third kappa shape index (κ3) is 5.84. The minimum absolute atomic E-state index is 0.265. The standard InChI is InChI=1S/C20H26ClN3O3/c1-5-10-26-11-8-16-6-7-17(14(2)13-16)27-12-9-22-20(25)19-18(21)15(3)23-24(19)4/h5-7,13H,1,8-12H2,2-4H3,(H,22,25). The Morgan fingerprint density at radius 3 is 2.78 bits per heavy atom. The number of rotatable bonds is 10. The fraction of sp³-hybridized carbons (Fsp3) is 0.400. The Morgan fingerprint density at radius 2 is 2.15 bits per heavy atom. The monoisotopic (exact) mass is 391 g/mol. The van der Waals surface area contributed by atoms with E-state index in [1.54, 1.807) is 20.0 Å². The molecule has 2 aromatic rings. The summed E-state index contributed by atoms with van der Waals surface area (Å²) in [6.07, 6.45) is 2.58. The number of nitrogens with zero attached hydrogens (tertiary/aromatic N) is 2. The molecule has 0 atom stereocenters. The Morgan fingerprint density at radius 1 is 1.37 bits per heavy atom.